The van der Waals surface area contributed by atoms with Crippen molar-refractivity contribution in [3.05, 3.63) is 89.5 Å². The van der Waals surface area contributed by atoms with Gasteiger partial charge in [0.25, 0.3) is 10.0 Å². The van der Waals surface area contributed by atoms with Gasteiger partial charge in [0.2, 0.25) is 11.8 Å². The summed E-state index contributed by atoms with van der Waals surface area (Å²) in [5.74, 6) is -0.538. The third-order valence-electron chi connectivity index (χ3n) is 6.34. The summed E-state index contributed by atoms with van der Waals surface area (Å²) in [5.41, 5.74) is 2.97. The molecule has 8 nitrogen and oxygen atoms in total. The molecule has 202 valence electrons. The molecule has 0 aliphatic carbocycles. The highest BCUT2D eigenvalue weighted by molar-refractivity contribution is 7.92. The Morgan fingerprint density at radius 2 is 1.58 bits per heavy atom. The standard InChI is InChI=1S/C29H35N3O5S/c1-6-37-27-14-10-9-13-26(27)32(38(35,36)25-17-15-21(2)16-18-25)20-28(33)31(23(4)29(34)30-5)19-24-12-8-7-11-22(24)3/h7-18,23H,6,19-20H2,1-5H3,(H,30,34)/t23-/m1/s1. The van der Waals surface area contributed by atoms with Gasteiger partial charge in [-0.2, -0.15) is 0 Å². The number of aryl methyl sites for hydroxylation is 2. The zero-order chi connectivity index (χ0) is 27.9. The molecule has 0 saturated heterocycles. The molecule has 0 aromatic heterocycles. The second-order valence-electron chi connectivity index (χ2n) is 8.96. The first kappa shape index (κ1) is 28.7. The van der Waals surface area contributed by atoms with E-state index in [-0.39, 0.29) is 23.0 Å². The van der Waals surface area contributed by atoms with Crippen LogP contribution in [0.5, 0.6) is 5.75 Å². The van der Waals surface area contributed by atoms with Crippen LogP contribution in [0.1, 0.15) is 30.5 Å². The summed E-state index contributed by atoms with van der Waals surface area (Å²) in [6.45, 7) is 7.16. The number of benzene rings is 3. The second-order valence-corrected chi connectivity index (χ2v) is 10.8. The smallest absolute Gasteiger partial charge is 0.264 e. The first-order valence-corrected chi connectivity index (χ1v) is 13.9. The third-order valence-corrected chi connectivity index (χ3v) is 8.11. The lowest BCUT2D eigenvalue weighted by Crippen LogP contribution is -2.50. The molecule has 38 heavy (non-hydrogen) atoms. The van der Waals surface area contributed by atoms with E-state index in [4.69, 9.17) is 4.74 Å². The molecule has 0 aliphatic rings. The maximum Gasteiger partial charge on any atom is 0.264 e. The van der Waals surface area contributed by atoms with Crippen molar-refractivity contribution in [1.29, 1.82) is 0 Å². The predicted octanol–water partition coefficient (Wildman–Crippen LogP) is 4.06. The van der Waals surface area contributed by atoms with Crippen molar-refractivity contribution < 1.29 is 22.7 Å². The third kappa shape index (κ3) is 6.52. The van der Waals surface area contributed by atoms with Crippen LogP contribution in [0.3, 0.4) is 0 Å². The number of hydrogen-bond donors (Lipinski definition) is 1. The van der Waals surface area contributed by atoms with Gasteiger partial charge in [0, 0.05) is 13.6 Å². The van der Waals surface area contributed by atoms with E-state index in [0.29, 0.717) is 12.4 Å². The Bertz CT molecular complexity index is 1370. The van der Waals surface area contributed by atoms with Crippen LogP contribution in [0.4, 0.5) is 5.69 Å². The van der Waals surface area contributed by atoms with Gasteiger partial charge in [-0.1, -0.05) is 54.1 Å². The van der Waals surface area contributed by atoms with Crippen molar-refractivity contribution >= 4 is 27.5 Å². The Morgan fingerprint density at radius 3 is 2.21 bits per heavy atom. The zero-order valence-corrected chi connectivity index (χ0v) is 23.3. The number of hydrogen-bond acceptors (Lipinski definition) is 5. The summed E-state index contributed by atoms with van der Waals surface area (Å²) < 4.78 is 34.7. The molecule has 0 spiro atoms. The number of para-hydroxylation sites is 2. The van der Waals surface area contributed by atoms with Crippen LogP contribution in [0.25, 0.3) is 0 Å². The quantitative estimate of drug-likeness (QED) is 0.398. The molecule has 3 aromatic rings. The van der Waals surface area contributed by atoms with Crippen molar-refractivity contribution in [3.8, 4) is 5.75 Å². The number of carbonyl (C=O) groups excluding carboxylic acids is 2. The molecule has 1 atom stereocenters. The van der Waals surface area contributed by atoms with Crippen LogP contribution >= 0.6 is 0 Å². The van der Waals surface area contributed by atoms with E-state index in [0.717, 1.165) is 21.0 Å². The zero-order valence-electron chi connectivity index (χ0n) is 22.5. The van der Waals surface area contributed by atoms with E-state index in [1.54, 1.807) is 50.2 Å². The minimum Gasteiger partial charge on any atom is -0.492 e. The monoisotopic (exact) mass is 537 g/mol. The highest BCUT2D eigenvalue weighted by atomic mass is 32.2. The lowest BCUT2D eigenvalue weighted by molar-refractivity contribution is -0.139. The summed E-state index contributed by atoms with van der Waals surface area (Å²) in [6, 6.07) is 19.9. The first-order chi connectivity index (χ1) is 18.1. The van der Waals surface area contributed by atoms with Crippen LogP contribution in [0.15, 0.2) is 77.7 Å². The van der Waals surface area contributed by atoms with Crippen molar-refractivity contribution in [2.24, 2.45) is 0 Å². The Balaban J connectivity index is 2.10. The van der Waals surface area contributed by atoms with Gasteiger partial charge in [0.05, 0.1) is 17.2 Å². The van der Waals surface area contributed by atoms with Gasteiger partial charge in [-0.15, -0.1) is 0 Å². The molecule has 0 fully saturated rings. The summed E-state index contributed by atoms with van der Waals surface area (Å²) in [4.78, 5) is 28.0. The Kier molecular flexibility index (Phi) is 9.52. The summed E-state index contributed by atoms with van der Waals surface area (Å²) >= 11 is 0. The van der Waals surface area contributed by atoms with E-state index in [1.165, 1.54) is 24.1 Å². The fourth-order valence-corrected chi connectivity index (χ4v) is 5.48. The predicted molar refractivity (Wildman–Crippen MR) is 149 cm³/mol. The number of nitrogens with one attached hydrogen (secondary N) is 1. The molecule has 9 heteroatoms. The molecule has 0 aliphatic heterocycles. The van der Waals surface area contributed by atoms with Gasteiger partial charge >= 0.3 is 0 Å². The Hall–Kier alpha value is -3.85. The van der Waals surface area contributed by atoms with Gasteiger partial charge in [-0.05, 0) is 63.1 Å². The Labute approximate surface area is 225 Å². The minimum atomic E-state index is -4.17. The summed E-state index contributed by atoms with van der Waals surface area (Å²) in [7, 11) is -2.67. The maximum absolute atomic E-state index is 14.0. The molecule has 2 amide bonds. The van der Waals surface area contributed by atoms with Gasteiger partial charge in [0.1, 0.15) is 18.3 Å². The van der Waals surface area contributed by atoms with Crippen LogP contribution in [-0.4, -0.2) is 51.4 Å². The van der Waals surface area contributed by atoms with Crippen LogP contribution in [0, 0.1) is 13.8 Å². The summed E-state index contributed by atoms with van der Waals surface area (Å²) in [6.07, 6.45) is 0. The first-order valence-electron chi connectivity index (χ1n) is 12.5. The molecule has 3 rings (SSSR count). The molecule has 0 bridgehead atoms. The van der Waals surface area contributed by atoms with Crippen LogP contribution in [-0.2, 0) is 26.2 Å². The fourth-order valence-electron chi connectivity index (χ4n) is 4.05. The van der Waals surface area contributed by atoms with E-state index < -0.39 is 28.5 Å². The van der Waals surface area contributed by atoms with E-state index in [9.17, 15) is 18.0 Å². The number of sulfonamides is 1. The number of ether oxygens (including phenoxy) is 1. The number of anilines is 1. The van der Waals surface area contributed by atoms with Crippen molar-refractivity contribution in [1.82, 2.24) is 10.2 Å². The molecule has 0 heterocycles. The molecule has 1 N–H and O–H groups in total. The van der Waals surface area contributed by atoms with Crippen LogP contribution in [0.2, 0.25) is 0 Å². The average Bonchev–Trinajstić information content (AvgIpc) is 2.91. The highest BCUT2D eigenvalue weighted by Gasteiger charge is 2.33. The molecule has 0 saturated carbocycles. The van der Waals surface area contributed by atoms with Gasteiger partial charge in [0.15, 0.2) is 0 Å². The van der Waals surface area contributed by atoms with Crippen molar-refractivity contribution in [2.75, 3.05) is 24.5 Å². The maximum atomic E-state index is 14.0. The van der Waals surface area contributed by atoms with E-state index in [2.05, 4.69) is 5.32 Å². The molecule has 0 radical (unpaired) electrons. The molecule has 3 aromatic carbocycles. The molecular weight excluding hydrogens is 502 g/mol. The lowest BCUT2D eigenvalue weighted by Gasteiger charge is -2.32. The van der Waals surface area contributed by atoms with Gasteiger partial charge in [-0.3, -0.25) is 13.9 Å². The van der Waals surface area contributed by atoms with Crippen LogP contribution < -0.4 is 14.4 Å². The van der Waals surface area contributed by atoms with Crippen molar-refractivity contribution in [3.63, 3.8) is 0 Å². The second kappa shape index (κ2) is 12.6. The fraction of sp³-hybridized carbons (Fsp3) is 0.310. The van der Waals surface area contributed by atoms with Gasteiger partial charge in [-0.25, -0.2) is 8.42 Å². The minimum absolute atomic E-state index is 0.0482. The number of carbonyl (C=O) groups is 2. The largest absolute Gasteiger partial charge is 0.492 e. The lowest BCUT2D eigenvalue weighted by atomic mass is 10.1. The van der Waals surface area contributed by atoms with E-state index >= 15 is 0 Å². The number of rotatable bonds is 11. The van der Waals surface area contributed by atoms with Crippen molar-refractivity contribution in [2.45, 2.75) is 45.2 Å². The summed E-state index contributed by atoms with van der Waals surface area (Å²) in [5, 5.41) is 2.59. The average molecular weight is 538 g/mol. The number of amides is 2. The molecule has 0 unspecified atom stereocenters. The highest BCUT2D eigenvalue weighted by Crippen LogP contribution is 2.33. The topological polar surface area (TPSA) is 96.0 Å². The normalized spacial score (nSPS) is 11.9. The number of likely N-dealkylation sites (N-methyl/N-ethyl adjacent to an activating group) is 1. The number of nitrogens with zero attached hydrogens (tertiary/aromatic N) is 2. The Morgan fingerprint density at radius 1 is 0.947 bits per heavy atom. The SMILES string of the molecule is CCOc1ccccc1N(CC(=O)N(Cc1ccccc1C)[C@H](C)C(=O)NC)S(=O)(=O)c1ccc(C)cc1. The van der Waals surface area contributed by atoms with E-state index in [1.807, 2.05) is 38.1 Å². The van der Waals surface area contributed by atoms with Gasteiger partial charge < -0.3 is 15.0 Å². The molecular formula is C29H35N3O5S.